The summed E-state index contributed by atoms with van der Waals surface area (Å²) in [5.74, 6) is 0. The first-order valence-corrected chi connectivity index (χ1v) is 7.56. The monoisotopic (exact) mass is 290 g/mol. The van der Waals surface area contributed by atoms with Gasteiger partial charge in [0.1, 0.15) is 0 Å². The van der Waals surface area contributed by atoms with Crippen LogP contribution < -0.4 is 0 Å². The molecule has 3 aromatic carbocycles. The maximum atomic E-state index is 2.28. The molecule has 0 saturated heterocycles. The Morgan fingerprint density at radius 2 is 1.05 bits per heavy atom. The lowest BCUT2D eigenvalue weighted by Crippen LogP contribution is -1.85. The van der Waals surface area contributed by atoms with Crippen molar-refractivity contribution in [1.29, 1.82) is 0 Å². The summed E-state index contributed by atoms with van der Waals surface area (Å²) in [6, 6.07) is 27.7. The molecule has 0 N–H and O–H groups in total. The standard InChI is InChI=1S/C19H16.C2H6.CH4/c1-15-12-13-18(16-8-4-2-5-9-16)14-19(15)17-10-6-3-7-11-17;1-2;/h2-14H,1H3;1-2H3;1H4. The molecule has 0 aliphatic rings. The van der Waals surface area contributed by atoms with Crippen LogP contribution in [0, 0.1) is 6.92 Å². The maximum absolute atomic E-state index is 2.28. The predicted molar refractivity (Wildman–Crippen MR) is 100 cm³/mol. The van der Waals surface area contributed by atoms with Crippen molar-refractivity contribution in [2.75, 3.05) is 0 Å². The Labute approximate surface area is 135 Å². The molecule has 0 radical (unpaired) electrons. The van der Waals surface area contributed by atoms with Gasteiger partial charge in [-0.15, -0.1) is 0 Å². The van der Waals surface area contributed by atoms with Gasteiger partial charge in [0.25, 0.3) is 0 Å². The van der Waals surface area contributed by atoms with Crippen LogP contribution in [0.2, 0.25) is 0 Å². The Hall–Kier alpha value is -2.34. The summed E-state index contributed by atoms with van der Waals surface area (Å²) in [6.07, 6.45) is 0. The van der Waals surface area contributed by atoms with Crippen LogP contribution in [0.4, 0.5) is 0 Å². The molecular formula is C22H26. The van der Waals surface area contributed by atoms with Crippen LogP contribution in [0.15, 0.2) is 78.9 Å². The second kappa shape index (κ2) is 8.84. The molecule has 0 nitrogen and oxygen atoms in total. The summed E-state index contributed by atoms with van der Waals surface area (Å²) in [5, 5.41) is 0. The van der Waals surface area contributed by atoms with Crippen molar-refractivity contribution in [1.82, 2.24) is 0 Å². The first-order valence-electron chi connectivity index (χ1n) is 7.56. The lowest BCUT2D eigenvalue weighted by Gasteiger charge is -2.09. The first kappa shape index (κ1) is 17.7. The summed E-state index contributed by atoms with van der Waals surface area (Å²) in [4.78, 5) is 0. The summed E-state index contributed by atoms with van der Waals surface area (Å²) < 4.78 is 0. The highest BCUT2D eigenvalue weighted by molar-refractivity contribution is 5.75. The van der Waals surface area contributed by atoms with Crippen LogP contribution in [0.1, 0.15) is 26.8 Å². The van der Waals surface area contributed by atoms with Gasteiger partial charge in [-0.2, -0.15) is 0 Å². The van der Waals surface area contributed by atoms with Crippen molar-refractivity contribution in [2.45, 2.75) is 28.2 Å². The maximum Gasteiger partial charge on any atom is -0.0149 e. The van der Waals surface area contributed by atoms with Gasteiger partial charge in [-0.25, -0.2) is 0 Å². The van der Waals surface area contributed by atoms with Crippen LogP contribution in [0.25, 0.3) is 22.3 Å². The number of aryl methyl sites for hydroxylation is 1. The van der Waals surface area contributed by atoms with Crippen LogP contribution in [-0.4, -0.2) is 0 Å². The zero-order valence-electron chi connectivity index (χ0n) is 13.0. The molecule has 3 aromatic rings. The molecule has 0 aromatic heterocycles. The van der Waals surface area contributed by atoms with Gasteiger partial charge < -0.3 is 0 Å². The molecule has 0 fully saturated rings. The van der Waals surface area contributed by atoms with Gasteiger partial charge in [-0.1, -0.05) is 94.1 Å². The Kier molecular flexibility index (Phi) is 7.12. The van der Waals surface area contributed by atoms with E-state index in [1.165, 1.54) is 27.8 Å². The van der Waals surface area contributed by atoms with Crippen molar-refractivity contribution in [3.63, 3.8) is 0 Å². The van der Waals surface area contributed by atoms with E-state index in [9.17, 15) is 0 Å². The van der Waals surface area contributed by atoms with Gasteiger partial charge in [0.05, 0.1) is 0 Å². The zero-order chi connectivity index (χ0) is 15.1. The average molecular weight is 290 g/mol. The smallest absolute Gasteiger partial charge is 0.0149 e. The topological polar surface area (TPSA) is 0 Å². The van der Waals surface area contributed by atoms with E-state index in [1.54, 1.807) is 0 Å². The van der Waals surface area contributed by atoms with Crippen LogP contribution in [0.5, 0.6) is 0 Å². The van der Waals surface area contributed by atoms with Crippen molar-refractivity contribution in [3.05, 3.63) is 84.4 Å². The molecule has 0 heteroatoms. The minimum absolute atomic E-state index is 0. The fraction of sp³-hybridized carbons (Fsp3) is 0.182. The Morgan fingerprint density at radius 1 is 0.545 bits per heavy atom. The molecular weight excluding hydrogens is 264 g/mol. The fourth-order valence-corrected chi connectivity index (χ4v) is 2.36. The van der Waals surface area contributed by atoms with Gasteiger partial charge >= 0.3 is 0 Å². The second-order valence-electron chi connectivity index (χ2n) is 4.76. The van der Waals surface area contributed by atoms with E-state index in [1.807, 2.05) is 13.8 Å². The number of benzene rings is 3. The summed E-state index contributed by atoms with van der Waals surface area (Å²) in [5.41, 5.74) is 6.43. The third kappa shape index (κ3) is 4.08. The van der Waals surface area contributed by atoms with E-state index < -0.39 is 0 Å². The van der Waals surface area contributed by atoms with E-state index >= 15 is 0 Å². The summed E-state index contributed by atoms with van der Waals surface area (Å²) in [7, 11) is 0. The first-order chi connectivity index (χ1) is 10.3. The molecule has 0 aliphatic carbocycles. The molecule has 3 rings (SSSR count). The second-order valence-corrected chi connectivity index (χ2v) is 4.76. The zero-order valence-corrected chi connectivity index (χ0v) is 13.0. The van der Waals surface area contributed by atoms with Crippen molar-refractivity contribution >= 4 is 0 Å². The van der Waals surface area contributed by atoms with E-state index in [4.69, 9.17) is 0 Å². The minimum Gasteiger partial charge on any atom is -0.0776 e. The molecule has 114 valence electrons. The van der Waals surface area contributed by atoms with Gasteiger partial charge in [0, 0.05) is 0 Å². The van der Waals surface area contributed by atoms with Crippen LogP contribution in [0.3, 0.4) is 0 Å². The van der Waals surface area contributed by atoms with Gasteiger partial charge in [0.2, 0.25) is 0 Å². The Morgan fingerprint density at radius 3 is 1.59 bits per heavy atom. The Bertz CT molecular complexity index is 667. The number of hydrogen-bond donors (Lipinski definition) is 0. The van der Waals surface area contributed by atoms with Gasteiger partial charge in [-0.05, 0) is 40.8 Å². The number of rotatable bonds is 2. The lowest BCUT2D eigenvalue weighted by molar-refractivity contribution is 1.45. The molecule has 0 amide bonds. The van der Waals surface area contributed by atoms with Gasteiger partial charge in [0.15, 0.2) is 0 Å². The highest BCUT2D eigenvalue weighted by atomic mass is 14.1. The van der Waals surface area contributed by atoms with Gasteiger partial charge in [-0.3, -0.25) is 0 Å². The molecule has 0 saturated carbocycles. The predicted octanol–water partition coefficient (Wildman–Crippen LogP) is 6.99. The fourth-order valence-electron chi connectivity index (χ4n) is 2.36. The highest BCUT2D eigenvalue weighted by Crippen LogP contribution is 2.29. The van der Waals surface area contributed by atoms with E-state index in [-0.39, 0.29) is 7.43 Å². The van der Waals surface area contributed by atoms with E-state index in [0.29, 0.717) is 0 Å². The minimum atomic E-state index is 0. The molecule has 0 unspecified atom stereocenters. The van der Waals surface area contributed by atoms with Crippen molar-refractivity contribution in [3.8, 4) is 22.3 Å². The quantitative estimate of drug-likeness (QED) is 0.477. The van der Waals surface area contributed by atoms with Crippen LogP contribution >= 0.6 is 0 Å². The largest absolute Gasteiger partial charge is 0.0776 e. The molecule has 0 bridgehead atoms. The summed E-state index contributed by atoms with van der Waals surface area (Å²) in [6.45, 7) is 6.16. The normalized spacial score (nSPS) is 9.23. The molecule has 0 heterocycles. The SMILES string of the molecule is C.CC.Cc1ccc(-c2ccccc2)cc1-c1ccccc1. The lowest BCUT2D eigenvalue weighted by atomic mass is 9.95. The highest BCUT2D eigenvalue weighted by Gasteiger charge is 2.04. The molecule has 0 spiro atoms. The Balaban J connectivity index is 0.000000775. The summed E-state index contributed by atoms with van der Waals surface area (Å²) >= 11 is 0. The molecule has 0 atom stereocenters. The number of hydrogen-bond acceptors (Lipinski definition) is 0. The third-order valence-electron chi connectivity index (χ3n) is 3.43. The third-order valence-corrected chi connectivity index (χ3v) is 3.43. The van der Waals surface area contributed by atoms with E-state index in [2.05, 4.69) is 85.8 Å². The average Bonchev–Trinajstić information content (AvgIpc) is 2.59. The molecule has 22 heavy (non-hydrogen) atoms. The van der Waals surface area contributed by atoms with Crippen LogP contribution in [-0.2, 0) is 0 Å². The van der Waals surface area contributed by atoms with Crippen molar-refractivity contribution < 1.29 is 0 Å². The van der Waals surface area contributed by atoms with E-state index in [0.717, 1.165) is 0 Å². The molecule has 0 aliphatic heterocycles. The van der Waals surface area contributed by atoms with Crippen molar-refractivity contribution in [2.24, 2.45) is 0 Å².